The molecule has 1 aliphatic heterocycles. The average molecular weight is 698 g/mol. The first kappa shape index (κ1) is 33.1. The number of para-hydroxylation sites is 1. The molecule has 51 heavy (non-hydrogen) atoms. The maximum atomic E-state index is 15.2. The predicted molar refractivity (Wildman–Crippen MR) is 194 cm³/mol. The van der Waals surface area contributed by atoms with Gasteiger partial charge in [-0.3, -0.25) is 19.2 Å². The summed E-state index contributed by atoms with van der Waals surface area (Å²) in [7, 11) is 0. The van der Waals surface area contributed by atoms with E-state index in [1.165, 1.54) is 11.0 Å². The van der Waals surface area contributed by atoms with Crippen LogP contribution < -0.4 is 9.64 Å². The lowest BCUT2D eigenvalue weighted by molar-refractivity contribution is -0.135. The monoisotopic (exact) mass is 697 g/mol. The van der Waals surface area contributed by atoms with Crippen LogP contribution in [0.15, 0.2) is 121 Å². The molecule has 1 saturated heterocycles. The number of allylic oxidation sites excluding steroid dienone is 4. The number of rotatable bonds is 7. The van der Waals surface area contributed by atoms with Gasteiger partial charge < -0.3 is 9.84 Å². The zero-order valence-corrected chi connectivity index (χ0v) is 28.8. The number of amides is 2. The van der Waals surface area contributed by atoms with Gasteiger partial charge in [-0.1, -0.05) is 108 Å². The van der Waals surface area contributed by atoms with Crippen molar-refractivity contribution in [2.75, 3.05) is 18.1 Å². The number of anilines is 1. The number of hydrogen-bond donors (Lipinski definition) is 1. The van der Waals surface area contributed by atoms with Gasteiger partial charge in [-0.15, -0.1) is 0 Å². The summed E-state index contributed by atoms with van der Waals surface area (Å²) in [4.78, 5) is 60.3. The highest BCUT2D eigenvalue weighted by Crippen LogP contribution is 2.64. The fraction of sp³-hybridized carbons (Fsp3) is 0.256. The fourth-order valence-corrected chi connectivity index (χ4v) is 9.37. The first-order valence-electron chi connectivity index (χ1n) is 17.3. The number of Topliss-reactive ketones (excluding diaryl/α,β-unsaturated/α-hetero) is 1. The van der Waals surface area contributed by atoms with Crippen LogP contribution in [0.25, 0.3) is 5.57 Å². The Bertz CT molecular complexity index is 2140. The number of hydrogen-bond acceptors (Lipinski definition) is 6. The van der Waals surface area contributed by atoms with Crippen molar-refractivity contribution in [1.29, 1.82) is 0 Å². The molecule has 256 valence electrons. The van der Waals surface area contributed by atoms with Gasteiger partial charge in [-0.2, -0.15) is 0 Å². The number of aliphatic hydroxyl groups is 1. The average Bonchev–Trinajstić information content (AvgIpc) is 3.42. The largest absolute Gasteiger partial charge is 0.491 e. The van der Waals surface area contributed by atoms with Crippen LogP contribution in [-0.2, 0) is 24.6 Å². The Morgan fingerprint density at radius 1 is 0.863 bits per heavy atom. The quantitative estimate of drug-likeness (QED) is 0.164. The molecule has 1 N–H and O–H groups in total. The van der Waals surface area contributed by atoms with Crippen LogP contribution in [0.2, 0.25) is 5.02 Å². The lowest BCUT2D eigenvalue weighted by atomic mass is 9.44. The number of benzene rings is 4. The van der Waals surface area contributed by atoms with Crippen molar-refractivity contribution in [1.82, 2.24) is 0 Å². The van der Waals surface area contributed by atoms with Crippen molar-refractivity contribution in [2.24, 2.45) is 23.7 Å². The lowest BCUT2D eigenvalue weighted by Gasteiger charge is -2.55. The number of aliphatic hydroxyl groups excluding tert-OH is 1. The molecule has 4 aromatic rings. The minimum Gasteiger partial charge on any atom is -0.491 e. The molecule has 0 spiro atoms. The molecule has 8 heteroatoms. The Hall–Kier alpha value is -5.11. The smallest absolute Gasteiger partial charge is 0.238 e. The van der Waals surface area contributed by atoms with E-state index in [1.807, 2.05) is 97.9 Å². The highest BCUT2D eigenvalue weighted by Gasteiger charge is 2.66. The molecule has 8 rings (SSSR count). The number of aryl methyl sites for hydroxylation is 1. The molecule has 3 aliphatic carbocycles. The van der Waals surface area contributed by atoms with Crippen LogP contribution >= 0.6 is 11.6 Å². The van der Waals surface area contributed by atoms with Gasteiger partial charge in [-0.25, -0.2) is 4.90 Å². The SMILES string of the molecule is Cc1ccc(N2C(=O)[C@H]3[C@H](CC=C4[C@H]3C[C@H]3C(=O)C(c5ccccc5)=CC(=O)[C@@]3(c3ccccc3)[C@H]4c3ccccc3OCCO)C2=O)cc1Cl. The third kappa shape index (κ3) is 5.05. The normalized spacial score (nSPS) is 27.0. The van der Waals surface area contributed by atoms with E-state index in [0.29, 0.717) is 45.1 Å². The van der Waals surface area contributed by atoms with Crippen molar-refractivity contribution in [3.63, 3.8) is 0 Å². The van der Waals surface area contributed by atoms with Gasteiger partial charge in [0.15, 0.2) is 11.6 Å². The lowest BCUT2D eigenvalue weighted by Crippen LogP contribution is -2.58. The summed E-state index contributed by atoms with van der Waals surface area (Å²) >= 11 is 6.47. The molecule has 4 aromatic carbocycles. The van der Waals surface area contributed by atoms with Gasteiger partial charge in [0.25, 0.3) is 0 Å². The molecule has 0 unspecified atom stereocenters. The van der Waals surface area contributed by atoms with Crippen LogP contribution in [0.4, 0.5) is 5.69 Å². The summed E-state index contributed by atoms with van der Waals surface area (Å²) in [5.41, 5.74) is 3.10. The molecule has 6 atom stereocenters. The van der Waals surface area contributed by atoms with E-state index in [-0.39, 0.29) is 43.0 Å². The third-order valence-electron chi connectivity index (χ3n) is 11.4. The van der Waals surface area contributed by atoms with Crippen LogP contribution in [0.3, 0.4) is 0 Å². The van der Waals surface area contributed by atoms with E-state index in [1.54, 1.807) is 18.2 Å². The highest BCUT2D eigenvalue weighted by molar-refractivity contribution is 6.33. The highest BCUT2D eigenvalue weighted by atomic mass is 35.5. The Kier molecular flexibility index (Phi) is 8.36. The fourth-order valence-electron chi connectivity index (χ4n) is 9.20. The van der Waals surface area contributed by atoms with Crippen molar-refractivity contribution < 1.29 is 29.0 Å². The second-order valence-electron chi connectivity index (χ2n) is 13.8. The van der Waals surface area contributed by atoms with E-state index in [9.17, 15) is 14.7 Å². The maximum Gasteiger partial charge on any atom is 0.238 e. The first-order chi connectivity index (χ1) is 24.8. The first-order valence-corrected chi connectivity index (χ1v) is 17.7. The van der Waals surface area contributed by atoms with E-state index in [4.69, 9.17) is 16.3 Å². The molecular formula is C43H36ClNO6. The Morgan fingerprint density at radius 2 is 1.57 bits per heavy atom. The molecule has 2 amide bonds. The second-order valence-corrected chi connectivity index (χ2v) is 14.2. The van der Waals surface area contributed by atoms with Gasteiger partial charge in [0.2, 0.25) is 11.8 Å². The number of ether oxygens (including phenoxy) is 1. The summed E-state index contributed by atoms with van der Waals surface area (Å²) in [6, 6.07) is 31.3. The van der Waals surface area contributed by atoms with Crippen LogP contribution in [0.1, 0.15) is 41.0 Å². The Labute approximate surface area is 301 Å². The van der Waals surface area contributed by atoms with Crippen LogP contribution in [-0.4, -0.2) is 41.7 Å². The third-order valence-corrected chi connectivity index (χ3v) is 11.8. The summed E-state index contributed by atoms with van der Waals surface area (Å²) in [6.45, 7) is 1.68. The minimum absolute atomic E-state index is 0.0324. The number of imide groups is 1. The summed E-state index contributed by atoms with van der Waals surface area (Å²) < 4.78 is 6.12. The van der Waals surface area contributed by atoms with E-state index in [0.717, 1.165) is 11.1 Å². The Morgan fingerprint density at radius 3 is 2.29 bits per heavy atom. The summed E-state index contributed by atoms with van der Waals surface area (Å²) in [5, 5.41) is 10.2. The molecule has 0 bridgehead atoms. The van der Waals surface area contributed by atoms with Crippen molar-refractivity contribution in [3.05, 3.63) is 148 Å². The van der Waals surface area contributed by atoms with Gasteiger partial charge in [0.05, 0.1) is 29.5 Å². The second kappa shape index (κ2) is 12.9. The van der Waals surface area contributed by atoms with Gasteiger partial charge in [0, 0.05) is 28.0 Å². The molecule has 1 saturated carbocycles. The summed E-state index contributed by atoms with van der Waals surface area (Å²) in [6.07, 6.45) is 4.04. The van der Waals surface area contributed by atoms with Gasteiger partial charge >= 0.3 is 0 Å². The van der Waals surface area contributed by atoms with Crippen molar-refractivity contribution in [2.45, 2.75) is 31.1 Å². The standard InChI is InChI=1S/C43H36ClNO6/c1-25-16-17-28(22-35(25)44)45-41(49)31-19-18-29-33(38(31)42(45)50)23-34-40(48)32(26-10-4-2-5-11-26)24-37(47)43(34,27-12-6-3-7-13-27)39(29)30-14-8-9-15-36(30)51-21-20-46/h2-18,22,24,31,33-34,38-39,46H,19-21,23H2,1H3/t31-,33+,34-,38-,39+,43-/m0/s1. The molecule has 0 radical (unpaired) electrons. The topological polar surface area (TPSA) is 101 Å². The van der Waals surface area contributed by atoms with Crippen LogP contribution in [0.5, 0.6) is 5.75 Å². The Balaban J connectivity index is 1.36. The number of halogens is 1. The number of carbonyl (C=O) groups excluding carboxylic acids is 4. The van der Waals surface area contributed by atoms with Crippen molar-refractivity contribution >= 4 is 46.2 Å². The minimum atomic E-state index is -1.37. The maximum absolute atomic E-state index is 15.2. The molecule has 2 fully saturated rings. The van der Waals surface area contributed by atoms with Gasteiger partial charge in [-0.05, 0) is 66.6 Å². The zero-order valence-electron chi connectivity index (χ0n) is 28.0. The molecule has 0 aromatic heterocycles. The predicted octanol–water partition coefficient (Wildman–Crippen LogP) is 7.05. The van der Waals surface area contributed by atoms with E-state index >= 15 is 9.59 Å². The molecule has 4 aliphatic rings. The molecular weight excluding hydrogens is 662 g/mol. The number of carbonyl (C=O) groups is 4. The van der Waals surface area contributed by atoms with E-state index < -0.39 is 35.0 Å². The molecule has 7 nitrogen and oxygen atoms in total. The zero-order chi connectivity index (χ0) is 35.4. The van der Waals surface area contributed by atoms with Crippen molar-refractivity contribution in [3.8, 4) is 5.75 Å². The van der Waals surface area contributed by atoms with E-state index in [2.05, 4.69) is 0 Å². The van der Waals surface area contributed by atoms with Crippen LogP contribution in [0, 0.1) is 30.6 Å². The summed E-state index contributed by atoms with van der Waals surface area (Å²) in [5.74, 6) is -3.99. The number of fused-ring (bicyclic) bond motifs is 4. The van der Waals surface area contributed by atoms with Gasteiger partial charge in [0.1, 0.15) is 12.4 Å². The molecule has 1 heterocycles. The number of ketones is 2. The number of nitrogens with zero attached hydrogens (tertiary/aromatic N) is 1.